The van der Waals surface area contributed by atoms with Crippen molar-refractivity contribution >= 4 is 5.97 Å². The smallest absolute Gasteiger partial charge is 0.343 e. The molecule has 0 aliphatic heterocycles. The number of aryl methyl sites for hydroxylation is 1. The van der Waals surface area contributed by atoms with Crippen LogP contribution in [0.25, 0.3) is 11.1 Å². The molecule has 0 spiro atoms. The summed E-state index contributed by atoms with van der Waals surface area (Å²) in [5.41, 5.74) is 2.43. The van der Waals surface area contributed by atoms with E-state index in [0.717, 1.165) is 31.2 Å². The molecule has 0 aliphatic carbocycles. The molecule has 0 aliphatic rings. The molecule has 0 aromatic heterocycles. The number of carbonyl (C=O) groups is 1. The predicted molar refractivity (Wildman–Crippen MR) is 155 cm³/mol. The average Bonchev–Trinajstić information content (AvgIpc) is 2.94. The van der Waals surface area contributed by atoms with E-state index in [1.807, 2.05) is 0 Å². The Morgan fingerprint density at radius 1 is 0.667 bits per heavy atom. The monoisotopic (exact) mass is 536 g/mol. The molecule has 0 fully saturated rings. The van der Waals surface area contributed by atoms with Crippen LogP contribution in [-0.4, -0.2) is 12.6 Å². The van der Waals surface area contributed by atoms with Crippen molar-refractivity contribution in [3.63, 3.8) is 0 Å². The Morgan fingerprint density at radius 3 is 1.97 bits per heavy atom. The molecule has 5 heteroatoms. The van der Waals surface area contributed by atoms with Crippen LogP contribution in [-0.2, 0) is 6.42 Å². The van der Waals surface area contributed by atoms with Crippen molar-refractivity contribution in [1.82, 2.24) is 0 Å². The standard InChI is InChI=1S/C34H42F2O3/c1-3-5-7-9-11-13-23-38-33-22-20-29(24-32(33)36)26-15-17-28(18-16-26)34(37)39-30-21-19-27(31(35)25-30)14-12-10-8-6-4-2/h15-22,24-25H,3-14,23H2,1-2H3. The summed E-state index contributed by atoms with van der Waals surface area (Å²) in [6.07, 6.45) is 13.2. The number of halogens is 2. The third-order valence-corrected chi connectivity index (χ3v) is 6.93. The van der Waals surface area contributed by atoms with Crippen LogP contribution in [0.4, 0.5) is 8.78 Å². The number of rotatable bonds is 17. The molecule has 3 nitrogen and oxygen atoms in total. The highest BCUT2D eigenvalue weighted by Gasteiger charge is 2.12. The van der Waals surface area contributed by atoms with E-state index in [0.29, 0.717) is 29.7 Å². The third-order valence-electron chi connectivity index (χ3n) is 6.93. The minimum Gasteiger partial charge on any atom is -0.491 e. The van der Waals surface area contributed by atoms with Crippen molar-refractivity contribution in [2.75, 3.05) is 6.61 Å². The van der Waals surface area contributed by atoms with Crippen molar-refractivity contribution in [3.8, 4) is 22.6 Å². The molecule has 0 amide bonds. The molecule has 210 valence electrons. The summed E-state index contributed by atoms with van der Waals surface area (Å²) in [7, 11) is 0. The van der Waals surface area contributed by atoms with Gasteiger partial charge in [-0.05, 0) is 66.3 Å². The number of esters is 1. The van der Waals surface area contributed by atoms with Crippen molar-refractivity contribution in [2.24, 2.45) is 0 Å². The van der Waals surface area contributed by atoms with Crippen LogP contribution in [0.5, 0.6) is 11.5 Å². The molecule has 0 saturated carbocycles. The van der Waals surface area contributed by atoms with Crippen molar-refractivity contribution in [1.29, 1.82) is 0 Å². The topological polar surface area (TPSA) is 35.5 Å². The first-order valence-electron chi connectivity index (χ1n) is 14.5. The van der Waals surface area contributed by atoms with Crippen molar-refractivity contribution in [2.45, 2.75) is 90.9 Å². The number of carbonyl (C=O) groups excluding carboxylic acids is 1. The van der Waals surface area contributed by atoms with E-state index in [1.165, 1.54) is 57.1 Å². The molecule has 0 heterocycles. The van der Waals surface area contributed by atoms with Gasteiger partial charge in [-0.1, -0.05) is 95.9 Å². The lowest BCUT2D eigenvalue weighted by molar-refractivity contribution is 0.0734. The molecule has 3 aromatic carbocycles. The second-order valence-corrected chi connectivity index (χ2v) is 10.1. The molecular weight excluding hydrogens is 494 g/mol. The highest BCUT2D eigenvalue weighted by molar-refractivity contribution is 5.91. The molecule has 0 radical (unpaired) electrons. The zero-order valence-electron chi connectivity index (χ0n) is 23.4. The summed E-state index contributed by atoms with van der Waals surface area (Å²) in [4.78, 5) is 12.6. The van der Waals surface area contributed by atoms with Crippen LogP contribution >= 0.6 is 0 Å². The highest BCUT2D eigenvalue weighted by atomic mass is 19.1. The maximum Gasteiger partial charge on any atom is 0.343 e. The first-order valence-corrected chi connectivity index (χ1v) is 14.5. The number of ether oxygens (including phenoxy) is 2. The van der Waals surface area contributed by atoms with E-state index >= 15 is 0 Å². The molecule has 3 rings (SSSR count). The zero-order chi connectivity index (χ0) is 27.9. The van der Waals surface area contributed by atoms with Gasteiger partial charge in [-0.3, -0.25) is 0 Å². The fourth-order valence-electron chi connectivity index (χ4n) is 4.54. The largest absolute Gasteiger partial charge is 0.491 e. The Bertz CT molecular complexity index is 1160. The van der Waals surface area contributed by atoms with E-state index in [1.54, 1.807) is 48.5 Å². The normalized spacial score (nSPS) is 11.0. The fraction of sp³-hybridized carbons (Fsp3) is 0.441. The van der Waals surface area contributed by atoms with Gasteiger partial charge in [-0.15, -0.1) is 0 Å². The van der Waals surface area contributed by atoms with Gasteiger partial charge in [0.15, 0.2) is 11.6 Å². The van der Waals surface area contributed by atoms with Gasteiger partial charge in [-0.2, -0.15) is 0 Å². The molecule has 0 saturated heterocycles. The van der Waals surface area contributed by atoms with E-state index < -0.39 is 11.8 Å². The SMILES string of the molecule is CCCCCCCCOc1ccc(-c2ccc(C(=O)Oc3ccc(CCCCCCC)c(F)c3)cc2)cc1F. The van der Waals surface area contributed by atoms with Crippen LogP contribution in [0, 0.1) is 11.6 Å². The lowest BCUT2D eigenvalue weighted by Gasteiger charge is -2.10. The van der Waals surface area contributed by atoms with Gasteiger partial charge >= 0.3 is 5.97 Å². The van der Waals surface area contributed by atoms with E-state index in [2.05, 4.69) is 13.8 Å². The number of unbranched alkanes of at least 4 members (excludes halogenated alkanes) is 9. The molecule has 0 bridgehead atoms. The fourth-order valence-corrected chi connectivity index (χ4v) is 4.54. The molecule has 0 unspecified atom stereocenters. The van der Waals surface area contributed by atoms with Gasteiger partial charge in [-0.25, -0.2) is 13.6 Å². The summed E-state index contributed by atoms with van der Waals surface area (Å²) in [5.74, 6) is -0.906. The minimum absolute atomic E-state index is 0.176. The first kappa shape index (κ1) is 30.3. The molecule has 3 aromatic rings. The lowest BCUT2D eigenvalue weighted by Crippen LogP contribution is -2.08. The molecule has 0 atom stereocenters. The quantitative estimate of drug-likeness (QED) is 0.0978. The third kappa shape index (κ3) is 10.1. The second kappa shape index (κ2) is 16.7. The van der Waals surface area contributed by atoms with Gasteiger partial charge in [0.2, 0.25) is 0 Å². The summed E-state index contributed by atoms with van der Waals surface area (Å²) in [6, 6.07) is 16.2. The lowest BCUT2D eigenvalue weighted by atomic mass is 10.0. The van der Waals surface area contributed by atoms with E-state index in [-0.39, 0.29) is 17.3 Å². The maximum atomic E-state index is 14.6. The maximum absolute atomic E-state index is 14.6. The Kier molecular flexibility index (Phi) is 13.0. The summed E-state index contributed by atoms with van der Waals surface area (Å²) in [5, 5.41) is 0. The number of hydrogen-bond donors (Lipinski definition) is 0. The van der Waals surface area contributed by atoms with Gasteiger partial charge in [0.05, 0.1) is 12.2 Å². The van der Waals surface area contributed by atoms with Crippen LogP contribution in [0.3, 0.4) is 0 Å². The van der Waals surface area contributed by atoms with E-state index in [9.17, 15) is 13.6 Å². The second-order valence-electron chi connectivity index (χ2n) is 10.1. The van der Waals surface area contributed by atoms with Crippen molar-refractivity contribution in [3.05, 3.63) is 83.4 Å². The van der Waals surface area contributed by atoms with Crippen molar-refractivity contribution < 1.29 is 23.0 Å². The van der Waals surface area contributed by atoms with Crippen LogP contribution in [0.15, 0.2) is 60.7 Å². The van der Waals surface area contributed by atoms with Gasteiger partial charge in [0.1, 0.15) is 11.6 Å². The van der Waals surface area contributed by atoms with Gasteiger partial charge in [0.25, 0.3) is 0 Å². The molecule has 0 N–H and O–H groups in total. The van der Waals surface area contributed by atoms with Crippen LogP contribution in [0.1, 0.15) is 100 Å². The Morgan fingerprint density at radius 2 is 1.31 bits per heavy atom. The zero-order valence-corrected chi connectivity index (χ0v) is 23.4. The summed E-state index contributed by atoms with van der Waals surface area (Å²) < 4.78 is 40.1. The minimum atomic E-state index is -0.571. The number of benzene rings is 3. The summed E-state index contributed by atoms with van der Waals surface area (Å²) >= 11 is 0. The van der Waals surface area contributed by atoms with Gasteiger partial charge < -0.3 is 9.47 Å². The summed E-state index contributed by atoms with van der Waals surface area (Å²) in [6.45, 7) is 4.87. The first-order chi connectivity index (χ1) is 19.0. The van der Waals surface area contributed by atoms with Crippen LogP contribution < -0.4 is 9.47 Å². The Labute approximate surface area is 232 Å². The number of hydrogen-bond acceptors (Lipinski definition) is 3. The Balaban J connectivity index is 1.50. The Hall–Kier alpha value is -3.21. The predicted octanol–water partition coefficient (Wildman–Crippen LogP) is 10.1. The average molecular weight is 537 g/mol. The highest BCUT2D eigenvalue weighted by Crippen LogP contribution is 2.27. The molecular formula is C34H42F2O3. The van der Waals surface area contributed by atoms with E-state index in [4.69, 9.17) is 9.47 Å². The van der Waals surface area contributed by atoms with Gasteiger partial charge in [0, 0.05) is 6.07 Å². The molecule has 39 heavy (non-hydrogen) atoms. The van der Waals surface area contributed by atoms with Crippen LogP contribution in [0.2, 0.25) is 0 Å².